The Hall–Kier alpha value is -0.0800. The van der Waals surface area contributed by atoms with Gasteiger partial charge in [-0.15, -0.1) is 0 Å². The predicted octanol–water partition coefficient (Wildman–Crippen LogP) is 2.32. The van der Waals surface area contributed by atoms with E-state index in [1.54, 1.807) is 13.8 Å². The Bertz CT molecular complexity index is 157. The van der Waals surface area contributed by atoms with E-state index in [0.29, 0.717) is 0 Å². The van der Waals surface area contributed by atoms with Gasteiger partial charge in [0.25, 0.3) is 0 Å². The first-order chi connectivity index (χ1) is 4.83. The molecule has 0 aromatic rings. The van der Waals surface area contributed by atoms with Crippen LogP contribution < -0.4 is 0 Å². The largest absolute Gasteiger partial charge is 0.281 e. The molecule has 0 aliphatic rings. The Kier molecular flexibility index (Phi) is 4.04. The van der Waals surface area contributed by atoms with E-state index in [1.807, 2.05) is 0 Å². The molecule has 0 atom stereocenters. The summed E-state index contributed by atoms with van der Waals surface area (Å²) >= 11 is 10.3. The van der Waals surface area contributed by atoms with Crippen LogP contribution in [0.1, 0.15) is 26.7 Å². The zero-order valence-electron chi connectivity index (χ0n) is 6.49. The van der Waals surface area contributed by atoms with Crippen molar-refractivity contribution in [3.05, 3.63) is 0 Å². The maximum Gasteiger partial charge on any atom is 0.222 e. The number of carbonyl (C=O) groups excluding carboxylic acids is 2. The average molecular weight is 197 g/mol. The molecule has 0 saturated carbocycles. The zero-order chi connectivity index (χ0) is 9.07. The molecule has 2 nitrogen and oxygen atoms in total. The first-order valence-corrected chi connectivity index (χ1v) is 3.96. The number of rotatable bonds is 4. The molecule has 11 heavy (non-hydrogen) atoms. The number of halogens is 2. The van der Waals surface area contributed by atoms with Crippen molar-refractivity contribution in [1.29, 1.82) is 0 Å². The Morgan fingerprint density at radius 1 is 1.09 bits per heavy atom. The van der Waals surface area contributed by atoms with Gasteiger partial charge in [0.2, 0.25) is 10.5 Å². The molecule has 0 aromatic carbocycles. The quantitative estimate of drug-likeness (QED) is 0.648. The normalized spacial score (nSPS) is 11.3. The van der Waals surface area contributed by atoms with Gasteiger partial charge in [-0.2, -0.15) is 0 Å². The molecule has 0 radical (unpaired) electrons. The first kappa shape index (κ1) is 10.9. The molecule has 0 saturated heterocycles. The third-order valence-corrected chi connectivity index (χ3v) is 1.50. The van der Waals surface area contributed by atoms with Gasteiger partial charge in [0.05, 0.1) is 0 Å². The van der Waals surface area contributed by atoms with Crippen molar-refractivity contribution in [1.82, 2.24) is 0 Å². The Labute approximate surface area is 75.9 Å². The number of hydrogen-bond acceptors (Lipinski definition) is 2. The maximum atomic E-state index is 10.5. The lowest BCUT2D eigenvalue weighted by Crippen LogP contribution is -2.17. The van der Waals surface area contributed by atoms with Crippen LogP contribution in [-0.4, -0.2) is 10.5 Å². The summed E-state index contributed by atoms with van der Waals surface area (Å²) in [6, 6.07) is 0. The van der Waals surface area contributed by atoms with Gasteiger partial charge in [-0.05, 0) is 28.6 Å². The van der Waals surface area contributed by atoms with E-state index in [4.69, 9.17) is 23.2 Å². The Balaban J connectivity index is 3.99. The summed E-state index contributed by atoms with van der Waals surface area (Å²) < 4.78 is 0. The van der Waals surface area contributed by atoms with E-state index in [0.717, 1.165) is 0 Å². The second-order valence-electron chi connectivity index (χ2n) is 3.23. The van der Waals surface area contributed by atoms with E-state index < -0.39 is 15.9 Å². The van der Waals surface area contributed by atoms with Gasteiger partial charge in [0.1, 0.15) is 0 Å². The average Bonchev–Trinajstić information content (AvgIpc) is 1.53. The molecular formula is C7H10Cl2O2. The molecule has 0 bridgehead atoms. The Morgan fingerprint density at radius 2 is 1.36 bits per heavy atom. The van der Waals surface area contributed by atoms with Crippen molar-refractivity contribution in [3.8, 4) is 0 Å². The molecule has 0 N–H and O–H groups in total. The van der Waals surface area contributed by atoms with Gasteiger partial charge in [-0.3, -0.25) is 9.59 Å². The van der Waals surface area contributed by atoms with Crippen LogP contribution in [0, 0.1) is 5.41 Å². The summed E-state index contributed by atoms with van der Waals surface area (Å²) in [6.45, 7) is 3.54. The van der Waals surface area contributed by atoms with Crippen LogP contribution in [0.15, 0.2) is 0 Å². The summed E-state index contributed by atoms with van der Waals surface area (Å²) in [4.78, 5) is 20.9. The van der Waals surface area contributed by atoms with Gasteiger partial charge in [0.15, 0.2) is 0 Å². The molecule has 0 unspecified atom stereocenters. The van der Waals surface area contributed by atoms with Gasteiger partial charge in [-0.1, -0.05) is 13.8 Å². The minimum absolute atomic E-state index is 0.174. The lowest BCUT2D eigenvalue weighted by molar-refractivity contribution is -0.115. The summed E-state index contributed by atoms with van der Waals surface area (Å²) in [5, 5.41) is -0.874. The van der Waals surface area contributed by atoms with E-state index in [-0.39, 0.29) is 12.8 Å². The molecular weight excluding hydrogens is 187 g/mol. The molecule has 0 aliphatic carbocycles. The van der Waals surface area contributed by atoms with Crippen LogP contribution >= 0.6 is 23.2 Å². The molecule has 0 spiro atoms. The van der Waals surface area contributed by atoms with Crippen LogP contribution in [-0.2, 0) is 9.59 Å². The van der Waals surface area contributed by atoms with Crippen molar-refractivity contribution in [2.24, 2.45) is 5.41 Å². The highest BCUT2D eigenvalue weighted by Gasteiger charge is 2.23. The fourth-order valence-corrected chi connectivity index (χ4v) is 1.54. The van der Waals surface area contributed by atoms with Crippen LogP contribution in [0.5, 0.6) is 0 Å². The zero-order valence-corrected chi connectivity index (χ0v) is 8.00. The highest BCUT2D eigenvalue weighted by Crippen LogP contribution is 2.26. The molecule has 4 heteroatoms. The van der Waals surface area contributed by atoms with Gasteiger partial charge >= 0.3 is 0 Å². The van der Waals surface area contributed by atoms with Crippen molar-refractivity contribution in [2.45, 2.75) is 26.7 Å². The highest BCUT2D eigenvalue weighted by molar-refractivity contribution is 6.64. The topological polar surface area (TPSA) is 34.1 Å². The third kappa shape index (κ3) is 6.32. The van der Waals surface area contributed by atoms with E-state index in [1.165, 1.54) is 0 Å². The maximum absolute atomic E-state index is 10.5. The first-order valence-electron chi connectivity index (χ1n) is 3.20. The summed E-state index contributed by atoms with van der Waals surface area (Å²) in [7, 11) is 0. The van der Waals surface area contributed by atoms with Crippen LogP contribution in [0.25, 0.3) is 0 Å². The van der Waals surface area contributed by atoms with Crippen LogP contribution in [0.3, 0.4) is 0 Å². The standard InChI is InChI=1S/C7H10Cl2O2/c1-7(2,3-5(8)10)4-6(9)11/h3-4H2,1-2H3. The van der Waals surface area contributed by atoms with Crippen molar-refractivity contribution >= 4 is 33.7 Å². The minimum Gasteiger partial charge on any atom is -0.281 e. The molecule has 0 aliphatic heterocycles. The van der Waals surface area contributed by atoms with Gasteiger partial charge < -0.3 is 0 Å². The van der Waals surface area contributed by atoms with E-state index >= 15 is 0 Å². The van der Waals surface area contributed by atoms with Gasteiger partial charge in [0, 0.05) is 12.8 Å². The van der Waals surface area contributed by atoms with Crippen LogP contribution in [0.4, 0.5) is 0 Å². The smallest absolute Gasteiger partial charge is 0.222 e. The fourth-order valence-electron chi connectivity index (χ4n) is 0.815. The third-order valence-electron chi connectivity index (χ3n) is 1.24. The molecule has 0 rings (SSSR count). The molecule has 0 aromatic heterocycles. The highest BCUT2D eigenvalue weighted by atomic mass is 35.5. The fraction of sp³-hybridized carbons (Fsp3) is 0.714. The van der Waals surface area contributed by atoms with E-state index in [2.05, 4.69) is 0 Å². The summed E-state index contributed by atoms with van der Waals surface area (Å²) in [5.74, 6) is 0. The number of carbonyl (C=O) groups is 2. The monoisotopic (exact) mass is 196 g/mol. The summed E-state index contributed by atoms with van der Waals surface area (Å²) in [6.07, 6.45) is 0.347. The van der Waals surface area contributed by atoms with E-state index in [9.17, 15) is 9.59 Å². The second kappa shape index (κ2) is 4.07. The van der Waals surface area contributed by atoms with Gasteiger partial charge in [-0.25, -0.2) is 0 Å². The Morgan fingerprint density at radius 3 is 1.55 bits per heavy atom. The lowest BCUT2D eigenvalue weighted by Gasteiger charge is -2.19. The lowest BCUT2D eigenvalue weighted by atomic mass is 9.87. The van der Waals surface area contributed by atoms with Crippen molar-refractivity contribution in [3.63, 3.8) is 0 Å². The predicted molar refractivity (Wildman–Crippen MR) is 44.7 cm³/mol. The number of hydrogen-bond donors (Lipinski definition) is 0. The molecule has 0 fully saturated rings. The molecule has 0 amide bonds. The minimum atomic E-state index is -0.437. The van der Waals surface area contributed by atoms with Crippen molar-refractivity contribution < 1.29 is 9.59 Å². The van der Waals surface area contributed by atoms with Crippen molar-refractivity contribution in [2.75, 3.05) is 0 Å². The molecule has 64 valence electrons. The SMILES string of the molecule is CC(C)(CC(=O)Cl)CC(=O)Cl. The molecule has 0 heterocycles. The second-order valence-corrected chi connectivity index (χ2v) is 4.07. The van der Waals surface area contributed by atoms with Crippen LogP contribution in [0.2, 0.25) is 0 Å². The summed E-state index contributed by atoms with van der Waals surface area (Å²) in [5.41, 5.74) is -0.419.